The second-order valence-corrected chi connectivity index (χ2v) is 20.7. The average molecular weight is 836 g/mol. The van der Waals surface area contributed by atoms with Crippen molar-refractivity contribution in [2.45, 2.75) is 5.41 Å². The van der Waals surface area contributed by atoms with Gasteiger partial charge in [-0.05, 0) is 114 Å². The topological polar surface area (TPSA) is 4.93 Å². The zero-order valence-electron chi connectivity index (χ0n) is 35.1. The summed E-state index contributed by atoms with van der Waals surface area (Å²) in [6.45, 7) is 0. The van der Waals surface area contributed by atoms with Crippen LogP contribution in [0.2, 0.25) is 0 Å². The van der Waals surface area contributed by atoms with Gasteiger partial charge in [0.15, 0.2) is 8.07 Å². The molecule has 12 rings (SSSR count). The molecule has 1 nitrogen and oxygen atoms in total. The first kappa shape index (κ1) is 37.9. The first-order valence-corrected chi connectivity index (χ1v) is 24.0. The fourth-order valence-corrected chi connectivity index (χ4v) is 15.8. The molecule has 0 aliphatic heterocycles. The SMILES string of the molecule is Fc1ccc(-n2c3ccccc3c3cc(-c4ccc5c(c4)C(c4ccccc4)(c4ccccc4)c4cc([Si](c6ccccc6)(c6ccccc6)c6ccccc6)ccc4-5)ccc32)cc1. The standard InChI is InChI=1S/C61H42FNSi/c62-47-32-34-48(35-33-47)63-59-29-17-16-28-55(59)56-40-43(31-39-60(56)63)44-30-37-53-54-38-36-52(42-58(54)61(57(53)41-44,45-18-6-1-7-19-45)46-20-8-2-9-21-46)64(49-22-10-3-11-23-49,50-24-12-4-13-25-50)51-26-14-5-15-27-51/h1-42H. The van der Waals surface area contributed by atoms with Gasteiger partial charge < -0.3 is 4.57 Å². The number of halogens is 1. The van der Waals surface area contributed by atoms with Crippen LogP contribution in [0.1, 0.15) is 22.3 Å². The summed E-state index contributed by atoms with van der Waals surface area (Å²) in [5, 5.41) is 7.73. The maximum Gasteiger partial charge on any atom is 0.179 e. The van der Waals surface area contributed by atoms with E-state index < -0.39 is 13.5 Å². The molecule has 0 atom stereocenters. The van der Waals surface area contributed by atoms with E-state index in [2.05, 4.69) is 235 Å². The minimum atomic E-state index is -2.87. The molecule has 0 fully saturated rings. The molecule has 0 N–H and O–H groups in total. The first-order valence-electron chi connectivity index (χ1n) is 22.0. The maximum atomic E-state index is 14.1. The zero-order valence-corrected chi connectivity index (χ0v) is 36.1. The van der Waals surface area contributed by atoms with Gasteiger partial charge in [0.25, 0.3) is 0 Å². The Kier molecular flexibility index (Phi) is 8.99. The molecule has 1 heterocycles. The molecule has 3 heteroatoms. The maximum absolute atomic E-state index is 14.1. The van der Waals surface area contributed by atoms with Crippen molar-refractivity contribution in [2.24, 2.45) is 0 Å². The Morgan fingerprint density at radius 2 is 0.797 bits per heavy atom. The highest BCUT2D eigenvalue weighted by Gasteiger charge is 2.49. The molecule has 0 radical (unpaired) electrons. The van der Waals surface area contributed by atoms with Gasteiger partial charge in [0, 0.05) is 16.5 Å². The van der Waals surface area contributed by atoms with Gasteiger partial charge in [-0.3, -0.25) is 0 Å². The van der Waals surface area contributed by atoms with E-state index in [1.165, 1.54) is 66.3 Å². The smallest absolute Gasteiger partial charge is 0.179 e. The van der Waals surface area contributed by atoms with Crippen LogP contribution in [0.25, 0.3) is 49.7 Å². The van der Waals surface area contributed by atoms with Gasteiger partial charge in [-0.1, -0.05) is 206 Å². The van der Waals surface area contributed by atoms with Crippen LogP contribution in [0.3, 0.4) is 0 Å². The van der Waals surface area contributed by atoms with Crippen molar-refractivity contribution in [3.63, 3.8) is 0 Å². The third-order valence-electron chi connectivity index (χ3n) is 13.7. The van der Waals surface area contributed by atoms with Gasteiger partial charge in [-0.15, -0.1) is 0 Å². The highest BCUT2D eigenvalue weighted by molar-refractivity contribution is 7.19. The third-order valence-corrected chi connectivity index (χ3v) is 18.5. The van der Waals surface area contributed by atoms with E-state index in [1.54, 1.807) is 0 Å². The summed E-state index contributed by atoms with van der Waals surface area (Å²) in [7, 11) is -2.87. The lowest BCUT2D eigenvalue weighted by molar-refractivity contribution is 0.627. The van der Waals surface area contributed by atoms with Crippen LogP contribution in [0.5, 0.6) is 0 Å². The molecular formula is C61H42FNSi. The average Bonchev–Trinajstić information content (AvgIpc) is 3.86. The summed E-state index contributed by atoms with van der Waals surface area (Å²) in [4.78, 5) is 0. The van der Waals surface area contributed by atoms with Gasteiger partial charge in [-0.2, -0.15) is 0 Å². The van der Waals surface area contributed by atoms with Crippen molar-refractivity contribution in [1.82, 2.24) is 4.57 Å². The number of para-hydroxylation sites is 1. The normalized spacial score (nSPS) is 12.9. The monoisotopic (exact) mass is 835 g/mol. The lowest BCUT2D eigenvalue weighted by Gasteiger charge is -2.37. The van der Waals surface area contributed by atoms with Crippen LogP contribution in [-0.2, 0) is 5.41 Å². The van der Waals surface area contributed by atoms with Crippen molar-refractivity contribution in [3.8, 4) is 27.9 Å². The number of aromatic nitrogens is 1. The van der Waals surface area contributed by atoms with Crippen LogP contribution in [0.4, 0.5) is 4.39 Å². The summed E-state index contributed by atoms with van der Waals surface area (Å²) in [6.07, 6.45) is 0. The number of rotatable bonds is 8. The Bertz CT molecular complexity index is 3340. The molecule has 0 spiro atoms. The van der Waals surface area contributed by atoms with Crippen LogP contribution in [0.15, 0.2) is 255 Å². The lowest BCUT2D eigenvalue weighted by atomic mass is 9.67. The molecule has 0 bridgehead atoms. The van der Waals surface area contributed by atoms with E-state index in [0.717, 1.165) is 38.6 Å². The van der Waals surface area contributed by atoms with Gasteiger partial charge in [-0.25, -0.2) is 4.39 Å². The van der Waals surface area contributed by atoms with Crippen LogP contribution >= 0.6 is 0 Å². The van der Waals surface area contributed by atoms with Crippen LogP contribution in [-0.4, -0.2) is 12.6 Å². The number of hydrogen-bond donors (Lipinski definition) is 0. The van der Waals surface area contributed by atoms with Crippen molar-refractivity contribution >= 4 is 50.6 Å². The van der Waals surface area contributed by atoms with Crippen molar-refractivity contribution < 1.29 is 4.39 Å². The third kappa shape index (κ3) is 5.68. The molecule has 1 aromatic heterocycles. The Morgan fingerprint density at radius 1 is 0.344 bits per heavy atom. The number of fused-ring (bicyclic) bond motifs is 6. The summed E-state index contributed by atoms with van der Waals surface area (Å²) < 4.78 is 16.4. The largest absolute Gasteiger partial charge is 0.309 e. The summed E-state index contributed by atoms with van der Waals surface area (Å²) in [5.74, 6) is -0.242. The van der Waals surface area contributed by atoms with Gasteiger partial charge >= 0.3 is 0 Å². The first-order chi connectivity index (χ1) is 31.7. The molecule has 11 aromatic rings. The molecule has 64 heavy (non-hydrogen) atoms. The highest BCUT2D eigenvalue weighted by atomic mass is 28.3. The van der Waals surface area contributed by atoms with Crippen molar-refractivity contribution in [2.75, 3.05) is 0 Å². The van der Waals surface area contributed by atoms with Crippen molar-refractivity contribution in [1.29, 1.82) is 0 Å². The van der Waals surface area contributed by atoms with Gasteiger partial charge in [0.1, 0.15) is 5.82 Å². The quantitative estimate of drug-likeness (QED) is 0.106. The number of hydrogen-bond acceptors (Lipinski definition) is 0. The lowest BCUT2D eigenvalue weighted by Crippen LogP contribution is -2.74. The molecule has 1 aliphatic rings. The molecule has 302 valence electrons. The Hall–Kier alpha value is -7.85. The fourth-order valence-electron chi connectivity index (χ4n) is 11.0. The highest BCUT2D eigenvalue weighted by Crippen LogP contribution is 2.56. The van der Waals surface area contributed by atoms with Crippen LogP contribution < -0.4 is 20.7 Å². The van der Waals surface area contributed by atoms with E-state index in [0.29, 0.717) is 0 Å². The van der Waals surface area contributed by atoms with Crippen molar-refractivity contribution in [3.05, 3.63) is 283 Å². The van der Waals surface area contributed by atoms with E-state index in [-0.39, 0.29) is 5.82 Å². The summed E-state index contributed by atoms with van der Waals surface area (Å²) >= 11 is 0. The summed E-state index contributed by atoms with van der Waals surface area (Å²) in [5.41, 5.74) is 12.3. The molecule has 0 unspecified atom stereocenters. The summed E-state index contributed by atoms with van der Waals surface area (Å²) in [6, 6.07) is 92.6. The Balaban J connectivity index is 1.13. The number of nitrogens with zero attached hydrogens (tertiary/aromatic N) is 1. The number of benzene rings is 10. The van der Waals surface area contributed by atoms with E-state index in [4.69, 9.17) is 0 Å². The predicted octanol–water partition coefficient (Wildman–Crippen LogP) is 12.3. The minimum Gasteiger partial charge on any atom is -0.309 e. The van der Waals surface area contributed by atoms with E-state index in [9.17, 15) is 4.39 Å². The van der Waals surface area contributed by atoms with E-state index in [1.807, 2.05) is 12.1 Å². The molecule has 0 amide bonds. The van der Waals surface area contributed by atoms with Gasteiger partial charge in [0.2, 0.25) is 0 Å². The van der Waals surface area contributed by atoms with E-state index >= 15 is 0 Å². The second kappa shape index (κ2) is 15.2. The molecule has 10 aromatic carbocycles. The molecule has 1 aliphatic carbocycles. The molecule has 0 saturated heterocycles. The van der Waals surface area contributed by atoms with Crippen LogP contribution in [0, 0.1) is 5.82 Å². The fraction of sp³-hybridized carbons (Fsp3) is 0.0164. The zero-order chi connectivity index (χ0) is 42.7. The van der Waals surface area contributed by atoms with Gasteiger partial charge in [0.05, 0.1) is 16.4 Å². The molecule has 0 saturated carbocycles. The minimum absolute atomic E-state index is 0.242. The Morgan fingerprint density at radius 3 is 1.38 bits per heavy atom. The Labute approximate surface area is 374 Å². The molecular weight excluding hydrogens is 794 g/mol. The predicted molar refractivity (Wildman–Crippen MR) is 267 cm³/mol. The second-order valence-electron chi connectivity index (χ2n) is 16.9.